The zero-order valence-electron chi connectivity index (χ0n) is 15.7. The van der Waals surface area contributed by atoms with E-state index in [-0.39, 0.29) is 28.6 Å². The lowest BCUT2D eigenvalue weighted by molar-refractivity contribution is -0.136. The average Bonchev–Trinajstić information content (AvgIpc) is 2.61. The van der Waals surface area contributed by atoms with Crippen LogP contribution in [-0.4, -0.2) is 56.3 Å². The molecule has 1 aromatic carbocycles. The van der Waals surface area contributed by atoms with Crippen LogP contribution in [0.2, 0.25) is 0 Å². The Morgan fingerprint density at radius 1 is 1.27 bits per heavy atom. The summed E-state index contributed by atoms with van der Waals surface area (Å²) in [4.78, 5) is 14.8. The van der Waals surface area contributed by atoms with Gasteiger partial charge in [-0.3, -0.25) is 4.79 Å². The number of amides is 1. The Hall–Kier alpha value is -1.15. The molecular formula is C18H30ClN3O3S. The van der Waals surface area contributed by atoms with E-state index in [0.29, 0.717) is 26.1 Å². The molecule has 1 heterocycles. The van der Waals surface area contributed by atoms with Crippen molar-refractivity contribution in [2.75, 3.05) is 26.7 Å². The van der Waals surface area contributed by atoms with Crippen LogP contribution in [-0.2, 0) is 14.8 Å². The van der Waals surface area contributed by atoms with Gasteiger partial charge in [0.2, 0.25) is 15.9 Å². The summed E-state index contributed by atoms with van der Waals surface area (Å²) in [5, 5.41) is 0. The number of benzene rings is 1. The fraction of sp³-hybridized carbons (Fsp3) is 0.611. The summed E-state index contributed by atoms with van der Waals surface area (Å²) < 4.78 is 27.4. The Morgan fingerprint density at radius 2 is 1.88 bits per heavy atom. The standard InChI is InChI=1S/C18H29N3O3S.ClH/c1-18(2,13-19)14-20(3)17(22)16-11-7-8-12-21(16)25(23,24)15-9-5-4-6-10-15;/h4-6,9-10,16H,7-8,11-14,19H2,1-3H3;1H. The van der Waals surface area contributed by atoms with Crippen molar-refractivity contribution in [1.29, 1.82) is 0 Å². The van der Waals surface area contributed by atoms with Crippen molar-refractivity contribution in [2.24, 2.45) is 11.1 Å². The molecule has 26 heavy (non-hydrogen) atoms. The summed E-state index contributed by atoms with van der Waals surface area (Å²) in [6.45, 7) is 5.33. The quantitative estimate of drug-likeness (QED) is 0.788. The number of rotatable bonds is 6. The maximum Gasteiger partial charge on any atom is 0.243 e. The van der Waals surface area contributed by atoms with Crippen LogP contribution in [0.4, 0.5) is 0 Å². The molecule has 1 aromatic rings. The molecule has 1 atom stereocenters. The monoisotopic (exact) mass is 403 g/mol. The first kappa shape index (κ1) is 22.9. The second kappa shape index (κ2) is 9.17. The number of hydrogen-bond acceptors (Lipinski definition) is 4. The van der Waals surface area contributed by atoms with Crippen molar-refractivity contribution in [3.8, 4) is 0 Å². The predicted octanol–water partition coefficient (Wildman–Crippen LogP) is 2.09. The number of nitrogens with two attached hydrogens (primary N) is 1. The molecule has 0 spiro atoms. The van der Waals surface area contributed by atoms with Crippen LogP contribution in [0.3, 0.4) is 0 Å². The van der Waals surface area contributed by atoms with Gasteiger partial charge >= 0.3 is 0 Å². The molecule has 2 N–H and O–H groups in total. The molecule has 0 bridgehead atoms. The fourth-order valence-corrected chi connectivity index (χ4v) is 4.88. The third kappa shape index (κ3) is 5.19. The Balaban J connectivity index is 0.00000338. The van der Waals surface area contributed by atoms with Crippen LogP contribution in [0.1, 0.15) is 33.1 Å². The smallest absolute Gasteiger partial charge is 0.243 e. The molecule has 0 aliphatic carbocycles. The van der Waals surface area contributed by atoms with Crippen molar-refractivity contribution in [1.82, 2.24) is 9.21 Å². The highest BCUT2D eigenvalue weighted by Gasteiger charge is 2.39. The summed E-state index contributed by atoms with van der Waals surface area (Å²) in [5.74, 6) is -0.152. The van der Waals surface area contributed by atoms with Crippen LogP contribution < -0.4 is 5.73 Å². The number of sulfonamides is 1. The zero-order valence-corrected chi connectivity index (χ0v) is 17.4. The molecule has 1 amide bonds. The molecule has 0 aromatic heterocycles. The molecule has 0 saturated carbocycles. The van der Waals surface area contributed by atoms with Crippen LogP contribution in [0.5, 0.6) is 0 Å². The molecule has 1 saturated heterocycles. The number of hydrogen-bond donors (Lipinski definition) is 1. The van der Waals surface area contributed by atoms with E-state index in [2.05, 4.69) is 0 Å². The van der Waals surface area contributed by atoms with Gasteiger partial charge in [-0.25, -0.2) is 8.42 Å². The van der Waals surface area contributed by atoms with E-state index in [1.54, 1.807) is 42.3 Å². The second-order valence-corrected chi connectivity index (χ2v) is 9.39. The Morgan fingerprint density at radius 3 is 2.46 bits per heavy atom. The summed E-state index contributed by atoms with van der Waals surface area (Å²) in [5.41, 5.74) is 5.56. The molecule has 0 radical (unpaired) electrons. The van der Waals surface area contributed by atoms with Crippen LogP contribution >= 0.6 is 12.4 Å². The van der Waals surface area contributed by atoms with E-state index in [0.717, 1.165) is 12.8 Å². The number of likely N-dealkylation sites (N-methyl/N-ethyl adjacent to an activating group) is 1. The summed E-state index contributed by atoms with van der Waals surface area (Å²) in [7, 11) is -1.95. The number of carbonyl (C=O) groups is 1. The average molecular weight is 404 g/mol. The third-order valence-electron chi connectivity index (χ3n) is 4.68. The van der Waals surface area contributed by atoms with Gasteiger partial charge in [-0.05, 0) is 36.9 Å². The maximum atomic E-state index is 13.0. The first-order chi connectivity index (χ1) is 11.7. The van der Waals surface area contributed by atoms with Gasteiger partial charge in [-0.2, -0.15) is 4.31 Å². The van der Waals surface area contributed by atoms with Gasteiger partial charge in [0.15, 0.2) is 0 Å². The minimum Gasteiger partial charge on any atom is -0.344 e. The van der Waals surface area contributed by atoms with Gasteiger partial charge < -0.3 is 10.6 Å². The van der Waals surface area contributed by atoms with Crippen molar-refractivity contribution in [3.63, 3.8) is 0 Å². The molecule has 1 aliphatic rings. The van der Waals surface area contributed by atoms with Crippen molar-refractivity contribution in [2.45, 2.75) is 44.0 Å². The molecular weight excluding hydrogens is 374 g/mol. The number of piperidine rings is 1. The number of halogens is 1. The summed E-state index contributed by atoms with van der Waals surface area (Å²) in [6.07, 6.45) is 2.18. The zero-order chi connectivity index (χ0) is 18.7. The van der Waals surface area contributed by atoms with Crippen LogP contribution in [0.15, 0.2) is 35.2 Å². The Labute approximate surface area is 163 Å². The largest absolute Gasteiger partial charge is 0.344 e. The number of carbonyl (C=O) groups excluding carboxylic acids is 1. The second-order valence-electron chi connectivity index (χ2n) is 7.50. The lowest BCUT2D eigenvalue weighted by Crippen LogP contribution is -2.53. The van der Waals surface area contributed by atoms with E-state index in [1.807, 2.05) is 13.8 Å². The van der Waals surface area contributed by atoms with Gasteiger partial charge in [0.1, 0.15) is 6.04 Å². The lowest BCUT2D eigenvalue weighted by Gasteiger charge is -2.37. The third-order valence-corrected chi connectivity index (χ3v) is 6.60. The van der Waals surface area contributed by atoms with Gasteiger partial charge in [0.25, 0.3) is 0 Å². The van der Waals surface area contributed by atoms with E-state index >= 15 is 0 Å². The maximum absolute atomic E-state index is 13.0. The molecule has 2 rings (SSSR count). The van der Waals surface area contributed by atoms with Crippen LogP contribution in [0.25, 0.3) is 0 Å². The highest BCUT2D eigenvalue weighted by molar-refractivity contribution is 7.89. The SMILES string of the molecule is CN(CC(C)(C)CN)C(=O)C1CCCCN1S(=O)(=O)c1ccccc1.Cl. The van der Waals surface area contributed by atoms with E-state index < -0.39 is 16.1 Å². The Bertz CT molecular complexity index is 695. The normalized spacial score (nSPS) is 18.8. The fourth-order valence-electron chi connectivity index (χ4n) is 3.21. The van der Waals surface area contributed by atoms with Crippen molar-refractivity contribution < 1.29 is 13.2 Å². The molecule has 1 aliphatic heterocycles. The van der Waals surface area contributed by atoms with E-state index in [9.17, 15) is 13.2 Å². The van der Waals surface area contributed by atoms with Crippen molar-refractivity contribution in [3.05, 3.63) is 30.3 Å². The van der Waals surface area contributed by atoms with Gasteiger partial charge in [0.05, 0.1) is 4.90 Å². The molecule has 6 nitrogen and oxygen atoms in total. The number of nitrogens with zero attached hydrogens (tertiary/aromatic N) is 2. The summed E-state index contributed by atoms with van der Waals surface area (Å²) in [6, 6.07) is 7.69. The van der Waals surface area contributed by atoms with E-state index in [4.69, 9.17) is 5.73 Å². The molecule has 148 valence electrons. The van der Waals surface area contributed by atoms with Crippen LogP contribution in [0, 0.1) is 5.41 Å². The van der Waals surface area contributed by atoms with Gasteiger partial charge in [-0.15, -0.1) is 12.4 Å². The molecule has 8 heteroatoms. The highest BCUT2D eigenvalue weighted by atomic mass is 35.5. The minimum absolute atomic E-state index is 0. The van der Waals surface area contributed by atoms with E-state index in [1.165, 1.54) is 4.31 Å². The molecule has 1 fully saturated rings. The van der Waals surface area contributed by atoms with Gasteiger partial charge in [-0.1, -0.05) is 38.5 Å². The summed E-state index contributed by atoms with van der Waals surface area (Å²) >= 11 is 0. The minimum atomic E-state index is -3.68. The Kier molecular flexibility index (Phi) is 8.07. The topological polar surface area (TPSA) is 83.7 Å². The lowest BCUT2D eigenvalue weighted by atomic mass is 9.92. The van der Waals surface area contributed by atoms with Gasteiger partial charge in [0, 0.05) is 20.1 Å². The first-order valence-electron chi connectivity index (χ1n) is 8.71. The van der Waals surface area contributed by atoms with Crippen molar-refractivity contribution >= 4 is 28.3 Å². The first-order valence-corrected chi connectivity index (χ1v) is 10.1. The molecule has 1 unspecified atom stereocenters. The highest BCUT2D eigenvalue weighted by Crippen LogP contribution is 2.27. The predicted molar refractivity (Wildman–Crippen MR) is 106 cm³/mol.